The number of hydrogen-bond donors (Lipinski definition) is 2. The zero-order valence-corrected chi connectivity index (χ0v) is 10.4. The Hall–Kier alpha value is -2.12. The number of aromatic nitrogens is 3. The molecule has 0 aromatic carbocycles. The number of anilines is 3. The first-order valence-corrected chi connectivity index (χ1v) is 5.04. The van der Waals surface area contributed by atoms with Crippen molar-refractivity contribution in [1.82, 2.24) is 20.3 Å². The van der Waals surface area contributed by atoms with Crippen LogP contribution in [0.3, 0.4) is 0 Å². The predicted octanol–water partition coefficient (Wildman–Crippen LogP) is -1.30. The first kappa shape index (κ1) is 12.9. The van der Waals surface area contributed by atoms with Gasteiger partial charge < -0.3 is 20.9 Å². The van der Waals surface area contributed by atoms with E-state index in [0.717, 1.165) is 0 Å². The van der Waals surface area contributed by atoms with Gasteiger partial charge in [-0.1, -0.05) is 0 Å². The summed E-state index contributed by atoms with van der Waals surface area (Å²) >= 11 is 0. The lowest BCUT2D eigenvalue weighted by Gasteiger charge is -2.18. The minimum absolute atomic E-state index is 0.127. The van der Waals surface area contributed by atoms with Gasteiger partial charge in [0.1, 0.15) is 0 Å². The maximum absolute atomic E-state index is 11.2. The number of likely N-dealkylation sites (N-methyl/N-ethyl adjacent to an activating group) is 2. The SMILES string of the molecule is CNC(=O)CN(C)c1nc(N)nc(N(C)C)n1. The normalized spacial score (nSPS) is 9.88. The molecule has 1 aromatic heterocycles. The van der Waals surface area contributed by atoms with Gasteiger partial charge in [-0.05, 0) is 0 Å². The number of carbonyl (C=O) groups is 1. The van der Waals surface area contributed by atoms with Gasteiger partial charge >= 0.3 is 0 Å². The molecule has 1 aromatic rings. The Morgan fingerprint density at radius 3 is 2.35 bits per heavy atom. The van der Waals surface area contributed by atoms with Gasteiger partial charge in [-0.2, -0.15) is 15.0 Å². The molecule has 8 heteroatoms. The van der Waals surface area contributed by atoms with E-state index in [9.17, 15) is 4.79 Å². The van der Waals surface area contributed by atoms with Gasteiger partial charge in [-0.15, -0.1) is 0 Å². The first-order chi connectivity index (χ1) is 7.93. The summed E-state index contributed by atoms with van der Waals surface area (Å²) in [4.78, 5) is 26.7. The number of hydrogen-bond acceptors (Lipinski definition) is 7. The Bertz CT molecular complexity index is 406. The lowest BCUT2D eigenvalue weighted by atomic mass is 10.5. The fourth-order valence-electron chi connectivity index (χ4n) is 1.11. The van der Waals surface area contributed by atoms with Crippen molar-refractivity contribution < 1.29 is 4.79 Å². The molecule has 1 rings (SSSR count). The van der Waals surface area contributed by atoms with Crippen molar-refractivity contribution in [2.45, 2.75) is 0 Å². The summed E-state index contributed by atoms with van der Waals surface area (Å²) in [6.45, 7) is 0.160. The second kappa shape index (κ2) is 5.28. The van der Waals surface area contributed by atoms with E-state index in [-0.39, 0.29) is 18.4 Å². The topological polar surface area (TPSA) is 100 Å². The largest absolute Gasteiger partial charge is 0.368 e. The quantitative estimate of drug-likeness (QED) is 0.673. The first-order valence-electron chi connectivity index (χ1n) is 5.04. The molecule has 0 radical (unpaired) electrons. The smallest absolute Gasteiger partial charge is 0.239 e. The van der Waals surface area contributed by atoms with Crippen molar-refractivity contribution in [3.63, 3.8) is 0 Å². The van der Waals surface area contributed by atoms with Crippen LogP contribution in [-0.4, -0.2) is 55.6 Å². The summed E-state index contributed by atoms with van der Waals surface area (Å²) in [6, 6.07) is 0. The lowest BCUT2D eigenvalue weighted by Crippen LogP contribution is -2.34. The van der Waals surface area contributed by atoms with Crippen LogP contribution in [0.2, 0.25) is 0 Å². The minimum Gasteiger partial charge on any atom is -0.368 e. The molecule has 0 aliphatic carbocycles. The van der Waals surface area contributed by atoms with Crippen molar-refractivity contribution in [2.75, 3.05) is 50.3 Å². The summed E-state index contributed by atoms with van der Waals surface area (Å²) in [7, 11) is 6.89. The summed E-state index contributed by atoms with van der Waals surface area (Å²) in [5, 5.41) is 2.52. The fourth-order valence-corrected chi connectivity index (χ4v) is 1.11. The highest BCUT2D eigenvalue weighted by Crippen LogP contribution is 2.11. The fraction of sp³-hybridized carbons (Fsp3) is 0.556. The van der Waals surface area contributed by atoms with Crippen molar-refractivity contribution in [3.8, 4) is 0 Å². The van der Waals surface area contributed by atoms with E-state index in [1.54, 1.807) is 38.0 Å². The Labute approximate surface area is 99.9 Å². The number of amides is 1. The highest BCUT2D eigenvalue weighted by molar-refractivity contribution is 5.80. The van der Waals surface area contributed by atoms with Gasteiger partial charge in [0.25, 0.3) is 0 Å². The van der Waals surface area contributed by atoms with Crippen LogP contribution >= 0.6 is 0 Å². The molecule has 1 amide bonds. The maximum atomic E-state index is 11.2. The molecule has 94 valence electrons. The van der Waals surface area contributed by atoms with E-state index in [4.69, 9.17) is 5.73 Å². The molecule has 17 heavy (non-hydrogen) atoms. The molecular formula is C9H17N7O. The van der Waals surface area contributed by atoms with E-state index in [0.29, 0.717) is 11.9 Å². The third kappa shape index (κ3) is 3.44. The number of nitrogen functional groups attached to an aromatic ring is 1. The molecule has 0 saturated heterocycles. The number of rotatable bonds is 4. The molecule has 0 aliphatic heterocycles. The zero-order chi connectivity index (χ0) is 13.0. The Kier molecular flexibility index (Phi) is 4.02. The van der Waals surface area contributed by atoms with E-state index >= 15 is 0 Å². The van der Waals surface area contributed by atoms with Crippen molar-refractivity contribution >= 4 is 23.8 Å². The van der Waals surface area contributed by atoms with Crippen LogP contribution in [0.1, 0.15) is 0 Å². The highest BCUT2D eigenvalue weighted by Gasteiger charge is 2.12. The summed E-state index contributed by atoms with van der Waals surface area (Å²) < 4.78 is 0. The minimum atomic E-state index is -0.127. The second-order valence-electron chi connectivity index (χ2n) is 3.72. The molecule has 0 aliphatic rings. The monoisotopic (exact) mass is 239 g/mol. The number of nitrogens with two attached hydrogens (primary N) is 1. The van der Waals surface area contributed by atoms with Gasteiger partial charge in [0.2, 0.25) is 23.8 Å². The highest BCUT2D eigenvalue weighted by atomic mass is 16.1. The van der Waals surface area contributed by atoms with Gasteiger partial charge in [0.15, 0.2) is 0 Å². The van der Waals surface area contributed by atoms with E-state index in [2.05, 4.69) is 20.3 Å². The average Bonchev–Trinajstić information content (AvgIpc) is 2.27. The molecule has 0 unspecified atom stereocenters. The third-order valence-corrected chi connectivity index (χ3v) is 2.03. The molecular weight excluding hydrogens is 222 g/mol. The molecule has 3 N–H and O–H groups in total. The molecule has 0 saturated carbocycles. The van der Waals surface area contributed by atoms with Crippen LogP contribution in [0, 0.1) is 0 Å². The third-order valence-electron chi connectivity index (χ3n) is 2.03. The standard InChI is InChI=1S/C9H17N7O/c1-11-6(17)5-16(4)9-13-7(10)12-8(14-9)15(2)3/h5H2,1-4H3,(H,11,17)(H2,10,12,13,14). The van der Waals surface area contributed by atoms with Gasteiger partial charge in [-0.3, -0.25) is 4.79 Å². The second-order valence-corrected chi connectivity index (χ2v) is 3.72. The van der Waals surface area contributed by atoms with Gasteiger partial charge in [-0.25, -0.2) is 0 Å². The van der Waals surface area contributed by atoms with Crippen molar-refractivity contribution in [2.24, 2.45) is 0 Å². The van der Waals surface area contributed by atoms with E-state index < -0.39 is 0 Å². The van der Waals surface area contributed by atoms with Crippen LogP contribution in [-0.2, 0) is 4.79 Å². The number of carbonyl (C=O) groups excluding carboxylic acids is 1. The van der Waals surface area contributed by atoms with Crippen molar-refractivity contribution in [3.05, 3.63) is 0 Å². The van der Waals surface area contributed by atoms with E-state index in [1.165, 1.54) is 0 Å². The molecule has 0 spiro atoms. The van der Waals surface area contributed by atoms with Crippen LogP contribution in [0.15, 0.2) is 0 Å². The summed E-state index contributed by atoms with van der Waals surface area (Å²) in [5.41, 5.74) is 5.58. The summed E-state index contributed by atoms with van der Waals surface area (Å²) in [5.74, 6) is 0.821. The molecule has 1 heterocycles. The van der Waals surface area contributed by atoms with Crippen molar-refractivity contribution in [1.29, 1.82) is 0 Å². The van der Waals surface area contributed by atoms with Gasteiger partial charge in [0.05, 0.1) is 6.54 Å². The molecule has 8 nitrogen and oxygen atoms in total. The zero-order valence-electron chi connectivity index (χ0n) is 10.4. The summed E-state index contributed by atoms with van der Waals surface area (Å²) in [6.07, 6.45) is 0. The van der Waals surface area contributed by atoms with Crippen LogP contribution in [0.4, 0.5) is 17.8 Å². The lowest BCUT2D eigenvalue weighted by molar-refractivity contribution is -0.119. The molecule has 0 fully saturated rings. The van der Waals surface area contributed by atoms with Gasteiger partial charge in [0, 0.05) is 28.2 Å². The van der Waals surface area contributed by atoms with Crippen LogP contribution in [0.25, 0.3) is 0 Å². The van der Waals surface area contributed by atoms with E-state index in [1.807, 2.05) is 0 Å². The van der Waals surface area contributed by atoms with Crippen LogP contribution < -0.4 is 20.9 Å². The predicted molar refractivity (Wildman–Crippen MR) is 65.9 cm³/mol. The van der Waals surface area contributed by atoms with Crippen LogP contribution in [0.5, 0.6) is 0 Å². The molecule has 0 bridgehead atoms. The maximum Gasteiger partial charge on any atom is 0.239 e. The number of nitrogens with one attached hydrogen (secondary N) is 1. The molecule has 0 atom stereocenters. The number of nitrogens with zero attached hydrogens (tertiary/aromatic N) is 5. The Morgan fingerprint density at radius 1 is 1.24 bits per heavy atom. The average molecular weight is 239 g/mol. The Morgan fingerprint density at radius 2 is 1.82 bits per heavy atom. The Balaban J connectivity index is 2.93.